The molecule has 0 amide bonds. The molecule has 108 valence electrons. The van der Waals surface area contributed by atoms with Gasteiger partial charge in [-0.05, 0) is 20.5 Å². The van der Waals surface area contributed by atoms with E-state index in [9.17, 15) is 0 Å². The van der Waals surface area contributed by atoms with Crippen molar-refractivity contribution in [2.24, 2.45) is 0 Å². The second-order valence-electron chi connectivity index (χ2n) is 4.13. The van der Waals surface area contributed by atoms with Crippen LogP contribution in [0.25, 0.3) is 0 Å². The van der Waals surface area contributed by atoms with Crippen molar-refractivity contribution in [2.45, 2.75) is 37.2 Å². The standard InChI is InChI=1S/C9H21BO3P6/c1-3-5-9(13-19(16)18-15)7(12-17-14)6(4-2)11-8(9)10/h5-8,17-18H,1,4,10,14-16H2,2H3/t6-,7+,8-,9?,19?/m1/s1. The van der Waals surface area contributed by atoms with Gasteiger partial charge in [-0.15, -0.1) is 14.7 Å². The second kappa shape index (κ2) is 9.24. The van der Waals surface area contributed by atoms with Gasteiger partial charge in [-0.2, -0.15) is 0 Å². The highest BCUT2D eigenvalue weighted by Gasteiger charge is 2.55. The molecule has 10 heteroatoms. The Morgan fingerprint density at radius 2 is 2.32 bits per heavy atom. The second-order valence-corrected chi connectivity index (χ2v) is 13.8. The van der Waals surface area contributed by atoms with Crippen molar-refractivity contribution in [1.29, 1.82) is 0 Å². The van der Waals surface area contributed by atoms with Crippen molar-refractivity contribution in [3.05, 3.63) is 18.4 Å². The van der Waals surface area contributed by atoms with Crippen molar-refractivity contribution < 1.29 is 13.8 Å². The predicted molar refractivity (Wildman–Crippen MR) is 103 cm³/mol. The molecule has 10 atom stereocenters. The molecular formula is C9H21BO3P6. The normalized spacial score (nSPS) is 37.2. The minimum Gasteiger partial charge on any atom is -0.378 e. The molecule has 0 radical (unpaired) electrons. The Balaban J connectivity index is 3.11. The molecule has 0 aliphatic carbocycles. The first-order chi connectivity index (χ1) is 9.05. The van der Waals surface area contributed by atoms with E-state index in [1.165, 1.54) is 0 Å². The monoisotopic (exact) mass is 374 g/mol. The van der Waals surface area contributed by atoms with E-state index < -0.39 is 13.1 Å². The lowest BCUT2D eigenvalue weighted by atomic mass is 9.80. The van der Waals surface area contributed by atoms with E-state index in [0.29, 0.717) is 16.5 Å². The largest absolute Gasteiger partial charge is 0.378 e. The molecule has 1 aliphatic rings. The van der Waals surface area contributed by atoms with Crippen molar-refractivity contribution in [3.63, 3.8) is 0 Å². The molecule has 1 heterocycles. The summed E-state index contributed by atoms with van der Waals surface area (Å²) in [6.07, 6.45) is 2.73. The molecule has 0 saturated carbocycles. The lowest BCUT2D eigenvalue weighted by Crippen LogP contribution is -2.48. The van der Waals surface area contributed by atoms with E-state index in [2.05, 4.69) is 46.0 Å². The fourth-order valence-corrected chi connectivity index (χ4v) is 5.50. The molecular weight excluding hydrogens is 353 g/mol. The highest BCUT2D eigenvalue weighted by molar-refractivity contribution is 8.59. The molecule has 0 N–H and O–H groups in total. The topological polar surface area (TPSA) is 27.7 Å². The van der Waals surface area contributed by atoms with Crippen LogP contribution in [0.5, 0.6) is 0 Å². The van der Waals surface area contributed by atoms with Crippen LogP contribution in [0, 0.1) is 0 Å². The van der Waals surface area contributed by atoms with Gasteiger partial charge in [0.25, 0.3) is 0 Å². The average Bonchev–Trinajstić information content (AvgIpc) is 2.64. The van der Waals surface area contributed by atoms with Crippen LogP contribution in [-0.4, -0.2) is 31.7 Å². The van der Waals surface area contributed by atoms with Gasteiger partial charge in [0, 0.05) is 8.50 Å². The third-order valence-electron chi connectivity index (χ3n) is 3.11. The maximum atomic E-state index is 6.30. The van der Waals surface area contributed by atoms with Crippen molar-refractivity contribution in [2.75, 3.05) is 0 Å². The number of rotatable bonds is 7. The number of ether oxygens (including phenoxy) is 1. The Kier molecular flexibility index (Phi) is 9.29. The fourth-order valence-electron chi connectivity index (χ4n) is 2.22. The minimum atomic E-state index is -0.593. The molecule has 1 aliphatic heterocycles. The van der Waals surface area contributed by atoms with Crippen LogP contribution in [0.3, 0.4) is 0 Å². The van der Waals surface area contributed by atoms with Gasteiger partial charge in [-0.1, -0.05) is 31.4 Å². The summed E-state index contributed by atoms with van der Waals surface area (Å²) in [6.45, 7) is 5.81. The van der Waals surface area contributed by atoms with Crippen LogP contribution in [-0.2, 0) is 13.8 Å². The first-order valence-electron chi connectivity index (χ1n) is 5.89. The summed E-state index contributed by atoms with van der Waals surface area (Å²) in [4.78, 5) is 0. The van der Waals surface area contributed by atoms with Crippen LogP contribution in [0.2, 0.25) is 0 Å². The predicted octanol–water partition coefficient (Wildman–Crippen LogP) is 3.19. The summed E-state index contributed by atoms with van der Waals surface area (Å²) in [6, 6.07) is -0.0649. The van der Waals surface area contributed by atoms with Gasteiger partial charge < -0.3 is 13.8 Å². The van der Waals surface area contributed by atoms with E-state index in [1.807, 2.05) is 13.9 Å². The molecule has 7 unspecified atom stereocenters. The van der Waals surface area contributed by atoms with Crippen molar-refractivity contribution >= 4 is 58.6 Å². The van der Waals surface area contributed by atoms with Gasteiger partial charge in [0.05, 0.1) is 19.6 Å². The minimum absolute atomic E-state index is 0.0499. The Bertz CT molecular complexity index is 342. The maximum Gasteiger partial charge on any atom is 0.146 e. The maximum absolute atomic E-state index is 6.30. The zero-order chi connectivity index (χ0) is 14.5. The third kappa shape index (κ3) is 4.51. The first-order valence-corrected chi connectivity index (χ1v) is 15.1. The van der Waals surface area contributed by atoms with E-state index in [-0.39, 0.29) is 18.2 Å². The van der Waals surface area contributed by atoms with E-state index in [1.54, 1.807) is 0 Å². The molecule has 0 aromatic heterocycles. The summed E-state index contributed by atoms with van der Waals surface area (Å²) >= 11 is 0. The van der Waals surface area contributed by atoms with Crippen molar-refractivity contribution in [1.82, 2.24) is 0 Å². The van der Waals surface area contributed by atoms with Crippen LogP contribution in [0.4, 0.5) is 0 Å². The molecule has 1 saturated heterocycles. The van der Waals surface area contributed by atoms with Gasteiger partial charge in [0.1, 0.15) is 19.6 Å². The van der Waals surface area contributed by atoms with E-state index in [4.69, 9.17) is 13.8 Å². The number of hydrogen-bond acceptors (Lipinski definition) is 3. The van der Waals surface area contributed by atoms with Gasteiger partial charge in [-0.3, -0.25) is 0 Å². The lowest BCUT2D eigenvalue weighted by Gasteiger charge is -2.36. The first kappa shape index (κ1) is 19.1. The molecule has 19 heavy (non-hydrogen) atoms. The molecule has 3 nitrogen and oxygen atoms in total. The summed E-state index contributed by atoms with van der Waals surface area (Å²) < 4.78 is 18.3. The smallest absolute Gasteiger partial charge is 0.146 e. The van der Waals surface area contributed by atoms with Gasteiger partial charge >= 0.3 is 0 Å². The lowest BCUT2D eigenvalue weighted by molar-refractivity contribution is 0.0369. The quantitative estimate of drug-likeness (QED) is 0.389. The fraction of sp³-hybridized carbons (Fsp3) is 0.667. The molecule has 0 spiro atoms. The Labute approximate surface area is 128 Å². The Hall–Kier alpha value is 2.04. The Morgan fingerprint density at radius 3 is 2.79 bits per heavy atom. The van der Waals surface area contributed by atoms with Crippen LogP contribution < -0.4 is 0 Å². The summed E-state index contributed by atoms with van der Waals surface area (Å²) in [5, 5.41) is 0. The zero-order valence-corrected chi connectivity index (χ0v) is 17.5. The molecule has 0 aromatic rings. The summed E-state index contributed by atoms with van der Waals surface area (Å²) in [5.41, 5.74) is 2.30. The van der Waals surface area contributed by atoms with Crippen molar-refractivity contribution in [3.8, 4) is 0 Å². The van der Waals surface area contributed by atoms with E-state index >= 15 is 0 Å². The van der Waals surface area contributed by atoms with Gasteiger partial charge in [0.15, 0.2) is 0 Å². The Morgan fingerprint density at radius 1 is 1.63 bits per heavy atom. The summed E-state index contributed by atoms with van der Waals surface area (Å²) in [7, 11) is 10.6. The van der Waals surface area contributed by atoms with Gasteiger partial charge in [0.2, 0.25) is 0 Å². The SMILES string of the molecule is B[C@@H]1O[C@H](CC)[C@H](OPP)C1(C=C=C)OP(P)PP. The van der Waals surface area contributed by atoms with Crippen LogP contribution in [0.15, 0.2) is 18.4 Å². The van der Waals surface area contributed by atoms with E-state index in [0.717, 1.165) is 6.42 Å². The molecule has 1 rings (SSSR count). The highest BCUT2D eigenvalue weighted by atomic mass is 32.6. The van der Waals surface area contributed by atoms with Crippen LogP contribution >= 0.6 is 50.8 Å². The molecule has 0 bridgehead atoms. The number of hydrogen-bond donors (Lipinski definition) is 0. The summed E-state index contributed by atoms with van der Waals surface area (Å²) in [5.74, 6) is 0. The molecule has 1 fully saturated rings. The van der Waals surface area contributed by atoms with Crippen LogP contribution in [0.1, 0.15) is 13.3 Å². The molecule has 0 aromatic carbocycles. The average molecular weight is 374 g/mol. The highest BCUT2D eigenvalue weighted by Crippen LogP contribution is 2.69. The zero-order valence-electron chi connectivity index (χ0n) is 11.1. The third-order valence-corrected chi connectivity index (χ3v) is 12.3. The van der Waals surface area contributed by atoms with Gasteiger partial charge in [-0.25, -0.2) is 0 Å².